The van der Waals surface area contributed by atoms with Gasteiger partial charge in [0.1, 0.15) is 18.7 Å². The molecule has 0 bridgehead atoms. The van der Waals surface area contributed by atoms with E-state index in [0.717, 1.165) is 33.2 Å². The molecule has 1 fully saturated rings. The van der Waals surface area contributed by atoms with Gasteiger partial charge in [0, 0.05) is 22.9 Å². The van der Waals surface area contributed by atoms with Crippen molar-refractivity contribution in [3.8, 4) is 17.3 Å². The highest BCUT2D eigenvalue weighted by Gasteiger charge is 2.21. The molecule has 0 spiro atoms. The largest absolute Gasteiger partial charge is 0.455 e. The summed E-state index contributed by atoms with van der Waals surface area (Å²) in [7, 11) is 2.06. The summed E-state index contributed by atoms with van der Waals surface area (Å²) in [6, 6.07) is 17.3. The molecule has 0 saturated heterocycles. The molecule has 5 rings (SSSR count). The van der Waals surface area contributed by atoms with E-state index in [4.69, 9.17) is 4.42 Å². The number of rotatable bonds is 2. The molecule has 144 valence electrons. The van der Waals surface area contributed by atoms with Crippen molar-refractivity contribution in [1.29, 1.82) is 5.26 Å². The van der Waals surface area contributed by atoms with Crippen molar-refractivity contribution >= 4 is 21.9 Å². The maximum Gasteiger partial charge on any atom is 0.212 e. The Morgan fingerprint density at radius 1 is 1.03 bits per heavy atom. The number of nitriles is 1. The summed E-state index contributed by atoms with van der Waals surface area (Å²) in [6.45, 7) is 2.15. The molecule has 1 aliphatic carbocycles. The van der Waals surface area contributed by atoms with E-state index in [9.17, 15) is 5.26 Å². The Kier molecular flexibility index (Phi) is 4.36. The summed E-state index contributed by atoms with van der Waals surface area (Å²) in [5.74, 6) is 0.564. The number of pyridine rings is 1. The second-order valence-electron chi connectivity index (χ2n) is 8.35. The van der Waals surface area contributed by atoms with Gasteiger partial charge in [-0.05, 0) is 67.1 Å². The van der Waals surface area contributed by atoms with Crippen LogP contribution >= 0.6 is 0 Å². The Bertz CT molecular complexity index is 1270. The van der Waals surface area contributed by atoms with Gasteiger partial charge in [-0.25, -0.2) is 4.57 Å². The fraction of sp³-hybridized carbons (Fsp3) is 0.308. The van der Waals surface area contributed by atoms with E-state index in [-0.39, 0.29) is 0 Å². The van der Waals surface area contributed by atoms with Gasteiger partial charge in [-0.3, -0.25) is 0 Å². The molecule has 0 aliphatic heterocycles. The highest BCUT2D eigenvalue weighted by atomic mass is 16.3. The van der Waals surface area contributed by atoms with Crippen molar-refractivity contribution in [1.82, 2.24) is 0 Å². The van der Waals surface area contributed by atoms with Crippen LogP contribution < -0.4 is 4.57 Å². The topological polar surface area (TPSA) is 40.8 Å². The van der Waals surface area contributed by atoms with Crippen molar-refractivity contribution in [3.63, 3.8) is 0 Å². The lowest BCUT2D eigenvalue weighted by Crippen LogP contribution is -2.30. The number of hydrogen-bond donors (Lipinski definition) is 0. The average Bonchev–Trinajstić information content (AvgIpc) is 3.11. The van der Waals surface area contributed by atoms with Crippen molar-refractivity contribution in [3.05, 3.63) is 65.4 Å². The summed E-state index contributed by atoms with van der Waals surface area (Å²) in [5.41, 5.74) is 7.04. The highest BCUT2D eigenvalue weighted by Crippen LogP contribution is 2.39. The first-order chi connectivity index (χ1) is 14.2. The minimum absolute atomic E-state index is 0.564. The van der Waals surface area contributed by atoms with E-state index in [2.05, 4.69) is 67.2 Å². The summed E-state index contributed by atoms with van der Waals surface area (Å²) >= 11 is 0. The van der Waals surface area contributed by atoms with Gasteiger partial charge in [-0.2, -0.15) is 5.26 Å². The molecule has 4 aromatic rings. The minimum Gasteiger partial charge on any atom is -0.455 e. The van der Waals surface area contributed by atoms with Crippen LogP contribution in [-0.2, 0) is 7.05 Å². The van der Waals surface area contributed by atoms with E-state index in [0.29, 0.717) is 11.5 Å². The van der Waals surface area contributed by atoms with Crippen LogP contribution in [0.4, 0.5) is 0 Å². The van der Waals surface area contributed by atoms with Crippen molar-refractivity contribution in [2.75, 3.05) is 0 Å². The summed E-state index contributed by atoms with van der Waals surface area (Å²) < 4.78 is 8.37. The molecule has 0 atom stereocenters. The molecule has 0 N–H and O–H groups in total. The van der Waals surface area contributed by atoms with Crippen LogP contribution in [0.25, 0.3) is 33.2 Å². The van der Waals surface area contributed by atoms with Crippen LogP contribution in [0.5, 0.6) is 0 Å². The lowest BCUT2D eigenvalue weighted by molar-refractivity contribution is -0.660. The van der Waals surface area contributed by atoms with E-state index >= 15 is 0 Å². The zero-order chi connectivity index (χ0) is 20.0. The Morgan fingerprint density at radius 3 is 2.62 bits per heavy atom. The molecule has 0 amide bonds. The third-order valence-corrected chi connectivity index (χ3v) is 6.47. The second kappa shape index (κ2) is 7.04. The maximum atomic E-state index is 9.79. The number of aromatic nitrogens is 1. The first kappa shape index (κ1) is 17.9. The number of aryl methyl sites for hydroxylation is 2. The fourth-order valence-electron chi connectivity index (χ4n) is 4.89. The molecule has 2 heterocycles. The molecule has 3 heteroatoms. The first-order valence-corrected chi connectivity index (χ1v) is 10.5. The molecule has 29 heavy (non-hydrogen) atoms. The van der Waals surface area contributed by atoms with Gasteiger partial charge < -0.3 is 4.42 Å². The van der Waals surface area contributed by atoms with E-state index < -0.39 is 0 Å². The predicted octanol–water partition coefficient (Wildman–Crippen LogP) is 6.31. The van der Waals surface area contributed by atoms with Gasteiger partial charge in [0.25, 0.3) is 0 Å². The molecular weight excluding hydrogens is 356 g/mol. The smallest absolute Gasteiger partial charge is 0.212 e. The Labute approximate surface area is 171 Å². The third-order valence-electron chi connectivity index (χ3n) is 6.47. The first-order valence-electron chi connectivity index (χ1n) is 10.5. The van der Waals surface area contributed by atoms with Gasteiger partial charge in [0.15, 0.2) is 11.8 Å². The SMILES string of the molecule is Cc1cc2c(cc1-c1cccc[n+]1C)oc1c(C#N)cc(C3CCCCC3)cc12. The van der Waals surface area contributed by atoms with Crippen molar-refractivity contribution in [2.24, 2.45) is 7.05 Å². The lowest BCUT2D eigenvalue weighted by Gasteiger charge is -2.22. The maximum absolute atomic E-state index is 9.79. The summed E-state index contributed by atoms with van der Waals surface area (Å²) in [6.07, 6.45) is 8.40. The van der Waals surface area contributed by atoms with Crippen LogP contribution in [0.2, 0.25) is 0 Å². The standard InChI is InChI=1S/C26H25N2O/c1-17-12-22-23-14-19(18-8-4-3-5-9-18)13-20(16-27)26(23)29-25(22)15-21(17)24-10-6-7-11-28(24)2/h6-7,10-15,18H,3-5,8-9H2,1-2H3/q+1. The summed E-state index contributed by atoms with van der Waals surface area (Å²) in [4.78, 5) is 0. The molecule has 2 aromatic carbocycles. The average molecular weight is 381 g/mol. The molecular formula is C26H25N2O+. The monoisotopic (exact) mass is 381 g/mol. The van der Waals surface area contributed by atoms with Crippen molar-refractivity contribution < 1.29 is 8.98 Å². The zero-order valence-electron chi connectivity index (χ0n) is 17.0. The predicted molar refractivity (Wildman–Crippen MR) is 116 cm³/mol. The van der Waals surface area contributed by atoms with Crippen molar-refractivity contribution in [2.45, 2.75) is 44.9 Å². The third kappa shape index (κ3) is 3.00. The Morgan fingerprint density at radius 2 is 1.86 bits per heavy atom. The normalized spacial score (nSPS) is 15.1. The Hall–Kier alpha value is -3.12. The number of hydrogen-bond acceptors (Lipinski definition) is 2. The molecule has 1 saturated carbocycles. The van der Waals surface area contributed by atoms with E-state index in [1.165, 1.54) is 43.2 Å². The van der Waals surface area contributed by atoms with Crippen LogP contribution in [0.1, 0.15) is 54.7 Å². The van der Waals surface area contributed by atoms with Crippen LogP contribution in [-0.4, -0.2) is 0 Å². The highest BCUT2D eigenvalue weighted by molar-refractivity contribution is 6.08. The molecule has 2 aromatic heterocycles. The number of nitrogens with zero attached hydrogens (tertiary/aromatic N) is 2. The van der Waals surface area contributed by atoms with Crippen LogP contribution in [0, 0.1) is 18.3 Å². The zero-order valence-corrected chi connectivity index (χ0v) is 17.0. The molecule has 0 radical (unpaired) electrons. The van der Waals surface area contributed by atoms with Gasteiger partial charge in [-0.1, -0.05) is 19.3 Å². The van der Waals surface area contributed by atoms with Gasteiger partial charge in [0.05, 0.1) is 11.1 Å². The van der Waals surface area contributed by atoms with Gasteiger partial charge >= 0.3 is 0 Å². The number of fused-ring (bicyclic) bond motifs is 3. The lowest BCUT2D eigenvalue weighted by atomic mass is 9.83. The minimum atomic E-state index is 0.564. The van der Waals surface area contributed by atoms with Crippen LogP contribution in [0.15, 0.2) is 53.1 Å². The van der Waals surface area contributed by atoms with Crippen LogP contribution in [0.3, 0.4) is 0 Å². The number of furan rings is 1. The van der Waals surface area contributed by atoms with E-state index in [1.54, 1.807) is 0 Å². The quantitative estimate of drug-likeness (QED) is 0.382. The molecule has 0 unspecified atom stereocenters. The number of benzene rings is 2. The fourth-order valence-corrected chi connectivity index (χ4v) is 4.89. The van der Waals surface area contributed by atoms with E-state index in [1.807, 2.05) is 6.07 Å². The summed E-state index contributed by atoms with van der Waals surface area (Å²) in [5, 5.41) is 12.0. The van der Waals surface area contributed by atoms with Gasteiger partial charge in [-0.15, -0.1) is 0 Å². The molecule has 1 aliphatic rings. The molecule has 3 nitrogen and oxygen atoms in total. The Balaban J connectivity index is 1.73. The van der Waals surface area contributed by atoms with Gasteiger partial charge in [0.2, 0.25) is 5.69 Å². The second-order valence-corrected chi connectivity index (χ2v) is 8.35.